The lowest BCUT2D eigenvalue weighted by Crippen LogP contribution is -2.45. The van der Waals surface area contributed by atoms with Gasteiger partial charge in [-0.25, -0.2) is 4.79 Å². The summed E-state index contributed by atoms with van der Waals surface area (Å²) in [6.45, 7) is 6.68. The van der Waals surface area contributed by atoms with E-state index in [0.29, 0.717) is 23.0 Å². The van der Waals surface area contributed by atoms with Gasteiger partial charge in [-0.15, -0.1) is 0 Å². The Kier molecular flexibility index (Phi) is 11.7. The van der Waals surface area contributed by atoms with Gasteiger partial charge < -0.3 is 14.6 Å². The zero-order valence-electron chi connectivity index (χ0n) is 22.4. The third kappa shape index (κ3) is 8.33. The first-order chi connectivity index (χ1) is 18.3. The fourth-order valence-corrected chi connectivity index (χ4v) is 5.67. The Labute approximate surface area is 235 Å². The molecule has 2 aromatic rings. The van der Waals surface area contributed by atoms with E-state index < -0.39 is 17.9 Å². The summed E-state index contributed by atoms with van der Waals surface area (Å²) < 4.78 is 12.3. The number of carboxylic acid groups (broad SMARTS) is 1. The van der Waals surface area contributed by atoms with Crippen molar-refractivity contribution in [2.45, 2.75) is 77.9 Å². The summed E-state index contributed by atoms with van der Waals surface area (Å²) in [5.74, 6) is -0.210. The molecule has 2 aromatic carbocycles. The van der Waals surface area contributed by atoms with E-state index in [2.05, 4.69) is 13.8 Å². The smallest absolute Gasteiger partial charge is 0.327 e. The number of nitrogens with zero attached hydrogens (tertiary/aromatic N) is 1. The van der Waals surface area contributed by atoms with E-state index in [9.17, 15) is 14.7 Å². The van der Waals surface area contributed by atoms with Crippen molar-refractivity contribution in [1.82, 2.24) is 4.90 Å². The number of carbonyl (C=O) groups excluding carboxylic acids is 1. The number of benzene rings is 2. The maximum absolute atomic E-state index is 13.3. The minimum atomic E-state index is -1.09. The van der Waals surface area contributed by atoms with Crippen LogP contribution in [0.3, 0.4) is 0 Å². The second-order valence-electron chi connectivity index (χ2n) is 9.37. The van der Waals surface area contributed by atoms with E-state index >= 15 is 0 Å². The molecule has 3 rings (SSSR count). The predicted molar refractivity (Wildman–Crippen MR) is 158 cm³/mol. The molecule has 0 spiro atoms. The van der Waals surface area contributed by atoms with Gasteiger partial charge in [0.1, 0.15) is 10.4 Å². The Bertz CT molecular complexity index is 1130. The summed E-state index contributed by atoms with van der Waals surface area (Å²) in [7, 11) is 0. The largest absolute Gasteiger partial charge is 0.490 e. The van der Waals surface area contributed by atoms with Crippen molar-refractivity contribution < 1.29 is 24.2 Å². The Balaban J connectivity index is 1.73. The maximum atomic E-state index is 13.3. The van der Waals surface area contributed by atoms with Crippen LogP contribution in [0.25, 0.3) is 6.08 Å². The van der Waals surface area contributed by atoms with Crippen LogP contribution in [0, 0.1) is 0 Å². The van der Waals surface area contributed by atoms with Crippen LogP contribution in [0.2, 0.25) is 0 Å². The molecule has 1 heterocycles. The van der Waals surface area contributed by atoms with Crippen molar-refractivity contribution in [3.05, 3.63) is 64.6 Å². The van der Waals surface area contributed by atoms with E-state index in [1.165, 1.54) is 30.6 Å². The number of amides is 1. The Morgan fingerprint density at radius 1 is 1.08 bits per heavy atom. The lowest BCUT2D eigenvalue weighted by molar-refractivity contribution is -0.145. The van der Waals surface area contributed by atoms with Crippen LogP contribution < -0.4 is 9.47 Å². The van der Waals surface area contributed by atoms with Crippen LogP contribution in [0.15, 0.2) is 53.4 Å². The summed E-state index contributed by atoms with van der Waals surface area (Å²) >= 11 is 6.55. The Morgan fingerprint density at radius 2 is 1.82 bits per heavy atom. The van der Waals surface area contributed by atoms with Gasteiger partial charge in [-0.1, -0.05) is 93.0 Å². The second kappa shape index (κ2) is 14.9. The van der Waals surface area contributed by atoms with E-state index in [1.54, 1.807) is 6.08 Å². The van der Waals surface area contributed by atoms with Gasteiger partial charge in [0.05, 0.1) is 17.6 Å². The van der Waals surface area contributed by atoms with Crippen molar-refractivity contribution in [1.29, 1.82) is 0 Å². The quantitative estimate of drug-likeness (QED) is 0.143. The van der Waals surface area contributed by atoms with Crippen LogP contribution in [0.1, 0.15) is 70.4 Å². The first kappa shape index (κ1) is 29.7. The Hall–Kier alpha value is -2.84. The molecule has 1 N–H and O–H groups in total. The van der Waals surface area contributed by atoms with Crippen molar-refractivity contribution in [2.24, 2.45) is 0 Å². The number of unbranched alkanes of at least 4 members (excludes halogenated alkanes) is 4. The first-order valence-electron chi connectivity index (χ1n) is 13.3. The molecule has 2 atom stereocenters. The highest BCUT2D eigenvalue weighted by Gasteiger charge is 2.40. The van der Waals surface area contributed by atoms with Gasteiger partial charge in [-0.3, -0.25) is 9.69 Å². The molecular formula is C30H37NO5S2. The number of thioether (sulfide) groups is 1. The van der Waals surface area contributed by atoms with Gasteiger partial charge in [0, 0.05) is 6.42 Å². The lowest BCUT2D eigenvalue weighted by atomic mass is 10.0. The average Bonchev–Trinajstić information content (AvgIpc) is 3.16. The van der Waals surface area contributed by atoms with E-state index in [-0.39, 0.29) is 16.8 Å². The van der Waals surface area contributed by atoms with Crippen LogP contribution in [0.5, 0.6) is 11.5 Å². The summed E-state index contributed by atoms with van der Waals surface area (Å²) in [6, 6.07) is 13.7. The van der Waals surface area contributed by atoms with Gasteiger partial charge in [-0.05, 0) is 56.0 Å². The second-order valence-corrected chi connectivity index (χ2v) is 11.0. The minimum absolute atomic E-state index is 0.0653. The van der Waals surface area contributed by atoms with E-state index in [1.807, 2.05) is 55.5 Å². The molecule has 1 aliphatic heterocycles. The normalized spacial score (nSPS) is 16.1. The average molecular weight is 556 g/mol. The third-order valence-electron chi connectivity index (χ3n) is 6.30. The molecule has 8 heteroatoms. The van der Waals surface area contributed by atoms with Gasteiger partial charge in [-0.2, -0.15) is 0 Å². The monoisotopic (exact) mass is 555 g/mol. The fraction of sp³-hybridized carbons (Fsp3) is 0.433. The zero-order chi connectivity index (χ0) is 27.5. The standard InChI is InChI=1S/C30H37NO5S2/c1-4-6-7-8-10-13-21(3)36-25-17-16-23(19-26(25)35-5-2)20-27-28(32)31(30(37)38-27)24(29(33)34)18-22-14-11-9-12-15-22/h9,11-12,14-17,19-21,24H,4-8,10,13,18H2,1-3H3,(H,33,34)/b27-20+/t21-,24-/m1/s1. The topological polar surface area (TPSA) is 76.1 Å². The molecule has 1 amide bonds. The molecule has 1 fully saturated rings. The number of hydrogen-bond acceptors (Lipinski definition) is 6. The van der Waals surface area contributed by atoms with Crippen molar-refractivity contribution >= 4 is 46.3 Å². The van der Waals surface area contributed by atoms with Crippen LogP contribution in [-0.4, -0.2) is 45.0 Å². The van der Waals surface area contributed by atoms with Crippen LogP contribution in [-0.2, 0) is 16.0 Å². The summed E-state index contributed by atoms with van der Waals surface area (Å²) in [5.41, 5.74) is 1.58. The highest BCUT2D eigenvalue weighted by atomic mass is 32.2. The van der Waals surface area contributed by atoms with Crippen molar-refractivity contribution in [3.8, 4) is 11.5 Å². The zero-order valence-corrected chi connectivity index (χ0v) is 24.0. The minimum Gasteiger partial charge on any atom is -0.490 e. The van der Waals surface area contributed by atoms with Gasteiger partial charge >= 0.3 is 5.97 Å². The molecular weight excluding hydrogens is 518 g/mol. The molecule has 1 saturated heterocycles. The summed E-state index contributed by atoms with van der Waals surface area (Å²) in [6.07, 6.45) is 9.05. The molecule has 0 saturated carbocycles. The molecule has 38 heavy (non-hydrogen) atoms. The number of rotatable bonds is 15. The summed E-state index contributed by atoms with van der Waals surface area (Å²) in [4.78, 5) is 27.0. The molecule has 1 aliphatic rings. The highest BCUT2D eigenvalue weighted by molar-refractivity contribution is 8.26. The predicted octanol–water partition coefficient (Wildman–Crippen LogP) is 7.11. The molecule has 0 bridgehead atoms. The van der Waals surface area contributed by atoms with Gasteiger partial charge in [0.2, 0.25) is 0 Å². The third-order valence-corrected chi connectivity index (χ3v) is 7.63. The maximum Gasteiger partial charge on any atom is 0.327 e. The van der Waals surface area contributed by atoms with Crippen LogP contribution >= 0.6 is 24.0 Å². The number of carboxylic acids is 1. The van der Waals surface area contributed by atoms with Crippen LogP contribution in [0.4, 0.5) is 0 Å². The number of carbonyl (C=O) groups is 2. The molecule has 0 aliphatic carbocycles. The number of ether oxygens (including phenoxy) is 2. The van der Waals surface area contributed by atoms with Gasteiger partial charge in [0.15, 0.2) is 11.5 Å². The highest BCUT2D eigenvalue weighted by Crippen LogP contribution is 2.37. The number of aliphatic carboxylic acids is 1. The van der Waals surface area contributed by atoms with E-state index in [0.717, 1.165) is 35.7 Å². The lowest BCUT2D eigenvalue weighted by Gasteiger charge is -2.23. The molecule has 0 aromatic heterocycles. The number of thiocarbonyl (C=S) groups is 1. The SMILES string of the molecule is CCCCCCC[C@@H](C)Oc1ccc(/C=C2/SC(=S)N([C@H](Cc3ccccc3)C(=O)O)C2=O)cc1OCC. The molecule has 6 nitrogen and oxygen atoms in total. The van der Waals surface area contributed by atoms with E-state index in [4.69, 9.17) is 21.7 Å². The summed E-state index contributed by atoms with van der Waals surface area (Å²) in [5, 5.41) is 9.88. The first-order valence-corrected chi connectivity index (χ1v) is 14.5. The fourth-order valence-electron chi connectivity index (χ4n) is 4.32. The number of hydrogen-bond donors (Lipinski definition) is 1. The van der Waals surface area contributed by atoms with Gasteiger partial charge in [0.25, 0.3) is 5.91 Å². The van der Waals surface area contributed by atoms with Crippen molar-refractivity contribution in [2.75, 3.05) is 6.61 Å². The molecule has 0 unspecified atom stereocenters. The molecule has 204 valence electrons. The molecule has 0 radical (unpaired) electrons. The Morgan fingerprint density at radius 3 is 2.50 bits per heavy atom. The van der Waals surface area contributed by atoms with Crippen molar-refractivity contribution in [3.63, 3.8) is 0 Å².